The topological polar surface area (TPSA) is 0 Å². The van der Waals surface area contributed by atoms with Crippen LogP contribution < -0.4 is 0 Å². The summed E-state index contributed by atoms with van der Waals surface area (Å²) in [4.78, 5) is 2.10. The maximum Gasteiger partial charge on any atom is 0.0177 e. The molecule has 0 aromatic heterocycles. The largest absolute Gasteiger partial charge is 0.0988 e. The fraction of sp³-hybridized carbons (Fsp3) is 0.231. The second-order valence-corrected chi connectivity index (χ2v) is 4.10. The van der Waals surface area contributed by atoms with Gasteiger partial charge in [0.25, 0.3) is 0 Å². The Labute approximate surface area is 91.8 Å². The molecule has 0 aromatic carbocycles. The maximum atomic E-state index is 3.96. The van der Waals surface area contributed by atoms with Gasteiger partial charge in [0.2, 0.25) is 0 Å². The third kappa shape index (κ3) is 3.84. The van der Waals surface area contributed by atoms with E-state index in [1.54, 1.807) is 17.8 Å². The molecule has 0 bridgehead atoms. The van der Waals surface area contributed by atoms with E-state index in [9.17, 15) is 0 Å². The van der Waals surface area contributed by atoms with Gasteiger partial charge in [-0.2, -0.15) is 0 Å². The molecule has 1 heteroatoms. The van der Waals surface area contributed by atoms with Crippen LogP contribution in [-0.2, 0) is 0 Å². The first-order valence-corrected chi connectivity index (χ1v) is 5.39. The van der Waals surface area contributed by atoms with Crippen LogP contribution in [0.2, 0.25) is 0 Å². The molecule has 14 heavy (non-hydrogen) atoms. The summed E-state index contributed by atoms with van der Waals surface area (Å²) in [6.07, 6.45) is 4.60. The first-order chi connectivity index (χ1) is 6.56. The van der Waals surface area contributed by atoms with Crippen molar-refractivity contribution < 1.29 is 0 Å². The summed E-state index contributed by atoms with van der Waals surface area (Å²) in [6, 6.07) is 0. The molecule has 0 heterocycles. The van der Waals surface area contributed by atoms with Crippen molar-refractivity contribution in [3.05, 3.63) is 59.4 Å². The van der Waals surface area contributed by atoms with Crippen molar-refractivity contribution in [3.63, 3.8) is 0 Å². The van der Waals surface area contributed by atoms with E-state index in [2.05, 4.69) is 33.2 Å². The summed E-state index contributed by atoms with van der Waals surface area (Å²) in [7, 11) is 0. The second kappa shape index (κ2) is 6.50. The van der Waals surface area contributed by atoms with E-state index in [4.69, 9.17) is 0 Å². The minimum atomic E-state index is 0.941. The van der Waals surface area contributed by atoms with Crippen molar-refractivity contribution in [2.45, 2.75) is 20.3 Å². The van der Waals surface area contributed by atoms with Gasteiger partial charge in [0, 0.05) is 9.81 Å². The summed E-state index contributed by atoms with van der Waals surface area (Å²) in [5.74, 6) is 0. The van der Waals surface area contributed by atoms with Crippen molar-refractivity contribution in [1.82, 2.24) is 0 Å². The summed E-state index contributed by atoms with van der Waals surface area (Å²) < 4.78 is 0. The number of thioether (sulfide) groups is 1. The molecular weight excluding hydrogens is 188 g/mol. The van der Waals surface area contributed by atoms with Crippen LogP contribution in [0.3, 0.4) is 0 Å². The SMILES string of the molecule is C=CC(=C)S/C(C(=C)C)=C(/C=C)CC. The van der Waals surface area contributed by atoms with E-state index in [0.717, 1.165) is 21.8 Å². The van der Waals surface area contributed by atoms with Crippen molar-refractivity contribution in [2.24, 2.45) is 0 Å². The normalized spacial score (nSPS) is 11.6. The highest BCUT2D eigenvalue weighted by molar-refractivity contribution is 8.07. The molecule has 0 spiro atoms. The molecule has 0 aromatic rings. The lowest BCUT2D eigenvalue weighted by Gasteiger charge is -2.10. The van der Waals surface area contributed by atoms with Gasteiger partial charge in [-0.05, 0) is 24.5 Å². The molecule has 0 N–H and O–H groups in total. The van der Waals surface area contributed by atoms with Crippen molar-refractivity contribution in [2.75, 3.05) is 0 Å². The van der Waals surface area contributed by atoms with Crippen LogP contribution in [0.25, 0.3) is 0 Å². The smallest absolute Gasteiger partial charge is 0.0177 e. The Hall–Kier alpha value is -0.950. The van der Waals surface area contributed by atoms with E-state index in [1.165, 1.54) is 5.57 Å². The number of hydrogen-bond acceptors (Lipinski definition) is 1. The summed E-state index contributed by atoms with van der Waals surface area (Å²) in [6.45, 7) is 19.4. The van der Waals surface area contributed by atoms with E-state index in [0.29, 0.717) is 0 Å². The Morgan fingerprint density at radius 2 is 1.79 bits per heavy atom. The Morgan fingerprint density at radius 3 is 2.07 bits per heavy atom. The third-order valence-corrected chi connectivity index (χ3v) is 3.01. The Balaban J connectivity index is 5.02. The van der Waals surface area contributed by atoms with Crippen molar-refractivity contribution in [3.8, 4) is 0 Å². The average Bonchev–Trinajstić information content (AvgIpc) is 2.17. The van der Waals surface area contributed by atoms with Crippen molar-refractivity contribution >= 4 is 11.8 Å². The molecule has 0 nitrogen and oxygen atoms in total. The van der Waals surface area contributed by atoms with E-state index in [-0.39, 0.29) is 0 Å². The molecule has 0 amide bonds. The lowest BCUT2D eigenvalue weighted by Crippen LogP contribution is -1.86. The lowest BCUT2D eigenvalue weighted by atomic mass is 10.1. The minimum absolute atomic E-state index is 0.941. The average molecular weight is 206 g/mol. The van der Waals surface area contributed by atoms with Crippen molar-refractivity contribution in [1.29, 1.82) is 0 Å². The second-order valence-electron chi connectivity index (χ2n) is 2.96. The fourth-order valence-electron chi connectivity index (χ4n) is 0.997. The fourth-order valence-corrected chi connectivity index (χ4v) is 1.88. The standard InChI is InChI=1S/C13H18S/c1-7-11(6)14-13(10(4)5)12(8-2)9-3/h7-8H,1-2,4,6,9H2,3,5H3/b13-12-. The molecule has 0 radical (unpaired) electrons. The zero-order valence-corrected chi connectivity index (χ0v) is 9.91. The van der Waals surface area contributed by atoms with Gasteiger partial charge >= 0.3 is 0 Å². The van der Waals surface area contributed by atoms with Gasteiger partial charge in [0.05, 0.1) is 0 Å². The van der Waals surface area contributed by atoms with Gasteiger partial charge in [-0.3, -0.25) is 0 Å². The molecule has 0 aliphatic rings. The van der Waals surface area contributed by atoms with Crippen LogP contribution in [-0.4, -0.2) is 0 Å². The Kier molecular flexibility index (Phi) is 6.06. The monoisotopic (exact) mass is 206 g/mol. The van der Waals surface area contributed by atoms with Crippen LogP contribution in [0.5, 0.6) is 0 Å². The molecule has 0 aliphatic carbocycles. The first-order valence-electron chi connectivity index (χ1n) is 4.57. The highest BCUT2D eigenvalue weighted by atomic mass is 32.2. The molecule has 0 aliphatic heterocycles. The number of rotatable bonds is 6. The molecule has 0 saturated heterocycles. The van der Waals surface area contributed by atoms with Crippen LogP contribution in [0.15, 0.2) is 59.4 Å². The van der Waals surface area contributed by atoms with Crippen LogP contribution in [0.1, 0.15) is 20.3 Å². The number of hydrogen-bond donors (Lipinski definition) is 0. The zero-order valence-electron chi connectivity index (χ0n) is 9.10. The summed E-state index contributed by atoms with van der Waals surface area (Å²) >= 11 is 1.61. The number of allylic oxidation sites excluding steroid dienone is 4. The van der Waals surface area contributed by atoms with E-state index >= 15 is 0 Å². The molecule has 0 rings (SSSR count). The van der Waals surface area contributed by atoms with Crippen LogP contribution in [0, 0.1) is 0 Å². The van der Waals surface area contributed by atoms with Gasteiger partial charge in [-0.25, -0.2) is 0 Å². The molecule has 0 fully saturated rings. The van der Waals surface area contributed by atoms with Gasteiger partial charge in [0.1, 0.15) is 0 Å². The minimum Gasteiger partial charge on any atom is -0.0988 e. The molecular formula is C13H18S. The summed E-state index contributed by atoms with van der Waals surface area (Å²) in [5, 5.41) is 0. The Bertz CT molecular complexity index is 292. The van der Waals surface area contributed by atoms with Crippen LogP contribution >= 0.6 is 11.8 Å². The Morgan fingerprint density at radius 1 is 1.21 bits per heavy atom. The maximum absolute atomic E-state index is 3.96. The molecule has 76 valence electrons. The predicted octanol–water partition coefficient (Wildman–Crippen LogP) is 4.85. The summed E-state index contributed by atoms with van der Waals surface area (Å²) in [5.41, 5.74) is 2.26. The molecule has 0 atom stereocenters. The molecule has 0 saturated carbocycles. The van der Waals surface area contributed by atoms with Crippen LogP contribution in [0.4, 0.5) is 0 Å². The zero-order chi connectivity index (χ0) is 11.1. The highest BCUT2D eigenvalue weighted by Gasteiger charge is 2.05. The van der Waals surface area contributed by atoms with Gasteiger partial charge in [-0.15, -0.1) is 0 Å². The first kappa shape index (κ1) is 13.1. The highest BCUT2D eigenvalue weighted by Crippen LogP contribution is 2.33. The predicted molar refractivity (Wildman–Crippen MR) is 69.3 cm³/mol. The molecule has 0 unspecified atom stereocenters. The third-order valence-electron chi connectivity index (χ3n) is 1.77. The van der Waals surface area contributed by atoms with E-state index in [1.807, 2.05) is 13.0 Å². The van der Waals surface area contributed by atoms with Gasteiger partial charge in [0.15, 0.2) is 0 Å². The van der Waals surface area contributed by atoms with Gasteiger partial charge in [-0.1, -0.05) is 57.2 Å². The van der Waals surface area contributed by atoms with E-state index < -0.39 is 0 Å². The van der Waals surface area contributed by atoms with Gasteiger partial charge < -0.3 is 0 Å². The quantitative estimate of drug-likeness (QED) is 0.560. The lowest BCUT2D eigenvalue weighted by molar-refractivity contribution is 1.14.